The van der Waals surface area contributed by atoms with Crippen LogP contribution in [0.5, 0.6) is 5.75 Å². The van der Waals surface area contributed by atoms with E-state index >= 15 is 0 Å². The van der Waals surface area contributed by atoms with Crippen molar-refractivity contribution >= 4 is 5.91 Å². The third kappa shape index (κ3) is 5.17. The van der Waals surface area contributed by atoms with Gasteiger partial charge in [0, 0.05) is 5.56 Å². The van der Waals surface area contributed by atoms with Crippen LogP contribution in [0.4, 0.5) is 13.2 Å². The molecule has 0 saturated carbocycles. The average molecular weight is 277 g/mol. The van der Waals surface area contributed by atoms with Gasteiger partial charge in [-0.3, -0.25) is 4.79 Å². The second-order valence-electron chi connectivity index (χ2n) is 3.83. The molecular weight excluding hydrogens is 263 g/mol. The van der Waals surface area contributed by atoms with Crippen LogP contribution in [0.3, 0.4) is 0 Å². The van der Waals surface area contributed by atoms with Gasteiger partial charge in [-0.1, -0.05) is 6.92 Å². The van der Waals surface area contributed by atoms with Crippen LogP contribution in [0, 0.1) is 0 Å². The lowest BCUT2D eigenvalue weighted by molar-refractivity contribution is -0.274. The summed E-state index contributed by atoms with van der Waals surface area (Å²) < 4.78 is 39.5. The summed E-state index contributed by atoms with van der Waals surface area (Å²) in [4.78, 5) is 11.7. The van der Waals surface area contributed by atoms with Crippen LogP contribution in [0.15, 0.2) is 24.3 Å². The molecule has 0 bridgehead atoms. The van der Waals surface area contributed by atoms with Crippen molar-refractivity contribution in [3.8, 4) is 5.75 Å². The Bertz CT molecular complexity index is 413. The predicted octanol–water partition coefficient (Wildman–Crippen LogP) is 2.09. The molecule has 1 atom stereocenters. The number of carbonyl (C=O) groups is 1. The second kappa shape index (κ2) is 6.42. The lowest BCUT2D eigenvalue weighted by Crippen LogP contribution is -2.36. The van der Waals surface area contributed by atoms with E-state index in [1.54, 1.807) is 6.92 Å². The highest BCUT2D eigenvalue weighted by atomic mass is 19.4. The average Bonchev–Trinajstić information content (AvgIpc) is 2.34. The monoisotopic (exact) mass is 277 g/mol. The maximum Gasteiger partial charge on any atom is 0.573 e. The molecule has 106 valence electrons. The Balaban J connectivity index is 2.68. The first-order valence-electron chi connectivity index (χ1n) is 5.63. The normalized spacial score (nSPS) is 12.9. The van der Waals surface area contributed by atoms with Crippen LogP contribution in [-0.4, -0.2) is 30.0 Å². The first-order valence-corrected chi connectivity index (χ1v) is 5.63. The molecule has 0 aliphatic heterocycles. The number of alkyl halides is 3. The van der Waals surface area contributed by atoms with E-state index in [4.69, 9.17) is 5.11 Å². The van der Waals surface area contributed by atoms with E-state index in [1.807, 2.05) is 0 Å². The Kier molecular flexibility index (Phi) is 5.17. The quantitative estimate of drug-likeness (QED) is 0.866. The number of amides is 1. The van der Waals surface area contributed by atoms with E-state index in [0.29, 0.717) is 6.42 Å². The molecule has 2 N–H and O–H groups in total. The van der Waals surface area contributed by atoms with E-state index in [0.717, 1.165) is 12.1 Å². The third-order valence-electron chi connectivity index (χ3n) is 2.40. The molecule has 0 aromatic heterocycles. The Morgan fingerprint density at radius 2 is 1.95 bits per heavy atom. The fourth-order valence-corrected chi connectivity index (χ4v) is 1.35. The lowest BCUT2D eigenvalue weighted by atomic mass is 10.1. The van der Waals surface area contributed by atoms with Crippen LogP contribution in [0.25, 0.3) is 0 Å². The van der Waals surface area contributed by atoms with Crippen molar-refractivity contribution in [3.63, 3.8) is 0 Å². The molecule has 1 rings (SSSR count). The number of hydrogen-bond donors (Lipinski definition) is 2. The maximum absolute atomic E-state index is 11.9. The Labute approximate surface area is 108 Å². The summed E-state index contributed by atoms with van der Waals surface area (Å²) in [7, 11) is 0. The molecule has 0 heterocycles. The van der Waals surface area contributed by atoms with Crippen LogP contribution in [0.2, 0.25) is 0 Å². The zero-order chi connectivity index (χ0) is 14.5. The molecule has 0 radical (unpaired) electrons. The minimum absolute atomic E-state index is 0.196. The van der Waals surface area contributed by atoms with Gasteiger partial charge in [-0.25, -0.2) is 0 Å². The van der Waals surface area contributed by atoms with Crippen molar-refractivity contribution in [2.75, 3.05) is 6.61 Å². The molecule has 0 saturated heterocycles. The van der Waals surface area contributed by atoms with Crippen molar-refractivity contribution in [2.24, 2.45) is 0 Å². The zero-order valence-corrected chi connectivity index (χ0v) is 10.2. The fourth-order valence-electron chi connectivity index (χ4n) is 1.35. The van der Waals surface area contributed by atoms with Gasteiger partial charge in [-0.05, 0) is 30.7 Å². The molecule has 7 heteroatoms. The van der Waals surface area contributed by atoms with Crippen molar-refractivity contribution < 1.29 is 27.8 Å². The van der Waals surface area contributed by atoms with E-state index in [-0.39, 0.29) is 18.2 Å². The van der Waals surface area contributed by atoms with E-state index in [1.165, 1.54) is 12.1 Å². The van der Waals surface area contributed by atoms with Gasteiger partial charge >= 0.3 is 6.36 Å². The maximum atomic E-state index is 11.9. The summed E-state index contributed by atoms with van der Waals surface area (Å²) in [5.74, 6) is -0.849. The van der Waals surface area contributed by atoms with Crippen molar-refractivity contribution in [2.45, 2.75) is 25.7 Å². The van der Waals surface area contributed by atoms with Crippen LogP contribution < -0.4 is 10.1 Å². The Hall–Kier alpha value is -1.76. The van der Waals surface area contributed by atoms with Gasteiger partial charge in [0.25, 0.3) is 5.91 Å². The van der Waals surface area contributed by atoms with E-state index in [9.17, 15) is 18.0 Å². The topological polar surface area (TPSA) is 58.6 Å². The molecule has 0 unspecified atom stereocenters. The first kappa shape index (κ1) is 15.3. The number of nitrogens with one attached hydrogen (secondary N) is 1. The number of benzene rings is 1. The van der Waals surface area contributed by atoms with Crippen LogP contribution in [-0.2, 0) is 0 Å². The van der Waals surface area contributed by atoms with Gasteiger partial charge in [0.1, 0.15) is 5.75 Å². The number of halogens is 3. The SMILES string of the molecule is CC[C@H](CO)NC(=O)c1ccc(OC(F)(F)F)cc1. The largest absolute Gasteiger partial charge is 0.573 e. The van der Waals surface area contributed by atoms with Gasteiger partial charge in [0.2, 0.25) is 0 Å². The molecular formula is C12H14F3NO3. The molecule has 1 aromatic carbocycles. The highest BCUT2D eigenvalue weighted by Gasteiger charge is 2.31. The van der Waals surface area contributed by atoms with Crippen molar-refractivity contribution in [3.05, 3.63) is 29.8 Å². The standard InChI is InChI=1S/C12H14F3NO3/c1-2-9(7-17)16-11(18)8-3-5-10(6-4-8)19-12(13,14)15/h3-6,9,17H,2,7H2,1H3,(H,16,18)/t9-/m1/s1. The number of rotatable bonds is 5. The summed E-state index contributed by atoms with van der Waals surface area (Å²) in [6, 6.07) is 4.18. The second-order valence-corrected chi connectivity index (χ2v) is 3.83. The summed E-state index contributed by atoms with van der Waals surface area (Å²) in [5.41, 5.74) is 0.196. The number of ether oxygens (including phenoxy) is 1. The highest BCUT2D eigenvalue weighted by Crippen LogP contribution is 2.22. The summed E-state index contributed by atoms with van der Waals surface area (Å²) in [5, 5.41) is 11.5. The minimum Gasteiger partial charge on any atom is -0.406 e. The van der Waals surface area contributed by atoms with Gasteiger partial charge < -0.3 is 15.2 Å². The summed E-state index contributed by atoms with van der Waals surface area (Å²) >= 11 is 0. The lowest BCUT2D eigenvalue weighted by Gasteiger charge is -2.14. The summed E-state index contributed by atoms with van der Waals surface area (Å²) in [6.45, 7) is 1.60. The van der Waals surface area contributed by atoms with Crippen molar-refractivity contribution in [1.82, 2.24) is 5.32 Å². The van der Waals surface area contributed by atoms with Gasteiger partial charge in [-0.15, -0.1) is 13.2 Å². The first-order chi connectivity index (χ1) is 8.85. The molecule has 0 aliphatic rings. The molecule has 4 nitrogen and oxygen atoms in total. The predicted molar refractivity (Wildman–Crippen MR) is 61.8 cm³/mol. The molecule has 19 heavy (non-hydrogen) atoms. The smallest absolute Gasteiger partial charge is 0.406 e. The molecule has 0 spiro atoms. The van der Waals surface area contributed by atoms with Crippen LogP contribution >= 0.6 is 0 Å². The Morgan fingerprint density at radius 1 is 1.37 bits per heavy atom. The van der Waals surface area contributed by atoms with E-state index in [2.05, 4.69) is 10.1 Å². The van der Waals surface area contributed by atoms with Crippen LogP contribution in [0.1, 0.15) is 23.7 Å². The third-order valence-corrected chi connectivity index (χ3v) is 2.40. The number of aliphatic hydroxyl groups is 1. The molecule has 1 aromatic rings. The van der Waals surface area contributed by atoms with Crippen molar-refractivity contribution in [1.29, 1.82) is 0 Å². The minimum atomic E-state index is -4.76. The Morgan fingerprint density at radius 3 is 2.37 bits per heavy atom. The number of aliphatic hydroxyl groups excluding tert-OH is 1. The highest BCUT2D eigenvalue weighted by molar-refractivity contribution is 5.94. The zero-order valence-electron chi connectivity index (χ0n) is 10.2. The van der Waals surface area contributed by atoms with Gasteiger partial charge in [-0.2, -0.15) is 0 Å². The van der Waals surface area contributed by atoms with Gasteiger partial charge in [0.05, 0.1) is 12.6 Å². The fraction of sp³-hybridized carbons (Fsp3) is 0.417. The molecule has 1 amide bonds. The summed E-state index contributed by atoms with van der Waals surface area (Å²) in [6.07, 6.45) is -4.20. The van der Waals surface area contributed by atoms with Gasteiger partial charge in [0.15, 0.2) is 0 Å². The number of carbonyl (C=O) groups excluding carboxylic acids is 1. The molecule has 0 aliphatic carbocycles. The number of hydrogen-bond acceptors (Lipinski definition) is 3. The molecule has 0 fully saturated rings. The van der Waals surface area contributed by atoms with E-state index < -0.39 is 18.0 Å².